The number of nitrogens with zero attached hydrogens (tertiary/aromatic N) is 1. The van der Waals surface area contributed by atoms with Crippen LogP contribution in [0.5, 0.6) is 0 Å². The summed E-state index contributed by atoms with van der Waals surface area (Å²) < 4.78 is 0. The Bertz CT molecular complexity index is 942. The fraction of sp³-hybridized carbons (Fsp3) is 0.677. The van der Waals surface area contributed by atoms with E-state index in [4.69, 9.17) is 0 Å². The SMILES string of the molecule is CCCC(CC=CCC(C)N(CC(=O)C1CCC(C)CC1)c1cc(C2=CCCCC2)sc1C(=O)O)NC. The second-order valence-electron chi connectivity index (χ2n) is 11.2. The minimum atomic E-state index is -0.897. The van der Waals surface area contributed by atoms with Crippen molar-refractivity contribution in [2.45, 2.75) is 110 Å². The summed E-state index contributed by atoms with van der Waals surface area (Å²) in [6.45, 7) is 6.90. The monoisotopic (exact) mass is 528 g/mol. The highest BCUT2D eigenvalue weighted by Gasteiger charge is 2.30. The van der Waals surface area contributed by atoms with Gasteiger partial charge in [0, 0.05) is 22.9 Å². The van der Waals surface area contributed by atoms with Crippen molar-refractivity contribution in [3.05, 3.63) is 34.0 Å². The third-order valence-corrected chi connectivity index (χ3v) is 9.45. The summed E-state index contributed by atoms with van der Waals surface area (Å²) in [4.78, 5) is 29.4. The zero-order chi connectivity index (χ0) is 26.8. The Kier molecular flexibility index (Phi) is 11.9. The van der Waals surface area contributed by atoms with Gasteiger partial charge in [0.2, 0.25) is 0 Å². The van der Waals surface area contributed by atoms with Crippen LogP contribution in [0.1, 0.15) is 112 Å². The molecule has 0 spiro atoms. The highest BCUT2D eigenvalue weighted by atomic mass is 32.1. The molecule has 0 radical (unpaired) electrons. The lowest BCUT2D eigenvalue weighted by Gasteiger charge is -2.33. The predicted octanol–water partition coefficient (Wildman–Crippen LogP) is 7.72. The summed E-state index contributed by atoms with van der Waals surface area (Å²) in [5.74, 6) is 0.159. The van der Waals surface area contributed by atoms with E-state index in [0.717, 1.165) is 81.2 Å². The Hall–Kier alpha value is -1.92. The van der Waals surface area contributed by atoms with Crippen molar-refractivity contribution in [3.63, 3.8) is 0 Å². The van der Waals surface area contributed by atoms with E-state index in [1.165, 1.54) is 23.3 Å². The Labute approximate surface area is 228 Å². The molecule has 2 aliphatic carbocycles. The van der Waals surface area contributed by atoms with Crippen molar-refractivity contribution in [3.8, 4) is 0 Å². The number of carbonyl (C=O) groups is 2. The molecule has 0 aliphatic heterocycles. The largest absolute Gasteiger partial charge is 0.477 e. The van der Waals surface area contributed by atoms with Gasteiger partial charge in [0.15, 0.2) is 5.78 Å². The molecule has 0 aromatic carbocycles. The number of aromatic carboxylic acids is 1. The maximum Gasteiger partial charge on any atom is 0.348 e. The Morgan fingerprint density at radius 3 is 2.54 bits per heavy atom. The molecule has 1 aromatic rings. The zero-order valence-electron chi connectivity index (χ0n) is 23.4. The van der Waals surface area contributed by atoms with Crippen molar-refractivity contribution in [1.29, 1.82) is 0 Å². The molecule has 3 rings (SSSR count). The van der Waals surface area contributed by atoms with E-state index < -0.39 is 5.97 Å². The number of thiophene rings is 1. The molecule has 1 saturated carbocycles. The van der Waals surface area contributed by atoms with Crippen LogP contribution in [0.4, 0.5) is 5.69 Å². The summed E-state index contributed by atoms with van der Waals surface area (Å²) >= 11 is 1.38. The average molecular weight is 529 g/mol. The van der Waals surface area contributed by atoms with Crippen LogP contribution in [0.2, 0.25) is 0 Å². The van der Waals surface area contributed by atoms with Crippen LogP contribution in [-0.4, -0.2) is 42.5 Å². The van der Waals surface area contributed by atoms with E-state index in [-0.39, 0.29) is 17.7 Å². The first-order valence-corrected chi connectivity index (χ1v) is 15.3. The Morgan fingerprint density at radius 1 is 1.19 bits per heavy atom. The number of carbonyl (C=O) groups excluding carboxylic acids is 1. The van der Waals surface area contributed by atoms with E-state index in [1.807, 2.05) is 7.05 Å². The van der Waals surface area contributed by atoms with Gasteiger partial charge >= 0.3 is 5.97 Å². The number of hydrogen-bond donors (Lipinski definition) is 2. The molecule has 1 heterocycles. The predicted molar refractivity (Wildman–Crippen MR) is 157 cm³/mol. The zero-order valence-corrected chi connectivity index (χ0v) is 24.2. The average Bonchev–Trinajstić information content (AvgIpc) is 3.35. The molecule has 2 N–H and O–H groups in total. The fourth-order valence-corrected chi connectivity index (χ4v) is 6.81. The van der Waals surface area contributed by atoms with Crippen LogP contribution in [0.15, 0.2) is 24.3 Å². The molecule has 0 saturated heterocycles. The number of rotatable bonds is 14. The molecule has 206 valence electrons. The number of ketones is 1. The first-order valence-electron chi connectivity index (χ1n) is 14.5. The lowest BCUT2D eigenvalue weighted by atomic mass is 9.80. The van der Waals surface area contributed by atoms with Crippen LogP contribution >= 0.6 is 11.3 Å². The van der Waals surface area contributed by atoms with Crippen LogP contribution < -0.4 is 10.2 Å². The highest BCUT2D eigenvalue weighted by Crippen LogP contribution is 2.39. The molecule has 2 atom stereocenters. The maximum atomic E-state index is 13.5. The summed E-state index contributed by atoms with van der Waals surface area (Å²) in [7, 11) is 2.01. The van der Waals surface area contributed by atoms with Crippen molar-refractivity contribution in [2.75, 3.05) is 18.5 Å². The second kappa shape index (κ2) is 14.9. The van der Waals surface area contributed by atoms with E-state index >= 15 is 0 Å². The van der Waals surface area contributed by atoms with Crippen LogP contribution in [0.3, 0.4) is 0 Å². The van der Waals surface area contributed by atoms with E-state index in [2.05, 4.69) is 55.3 Å². The topological polar surface area (TPSA) is 69.6 Å². The number of Topliss-reactive ketones (excluding diaryl/α,β-unsaturated/α-hetero) is 1. The number of nitrogens with one attached hydrogen (secondary N) is 1. The van der Waals surface area contributed by atoms with Gasteiger partial charge in [-0.15, -0.1) is 11.3 Å². The smallest absolute Gasteiger partial charge is 0.348 e. The fourth-order valence-electron chi connectivity index (χ4n) is 5.74. The number of allylic oxidation sites excluding steroid dienone is 2. The molecule has 1 fully saturated rings. The van der Waals surface area contributed by atoms with Crippen molar-refractivity contribution < 1.29 is 14.7 Å². The van der Waals surface area contributed by atoms with Gasteiger partial charge < -0.3 is 15.3 Å². The van der Waals surface area contributed by atoms with Crippen molar-refractivity contribution in [1.82, 2.24) is 5.32 Å². The molecule has 2 aliphatic rings. The molecule has 6 heteroatoms. The first kappa shape index (κ1) is 29.6. The summed E-state index contributed by atoms with van der Waals surface area (Å²) in [6.07, 6.45) is 19.3. The number of hydrogen-bond acceptors (Lipinski definition) is 5. The third-order valence-electron chi connectivity index (χ3n) is 8.26. The van der Waals surface area contributed by atoms with E-state index in [0.29, 0.717) is 23.4 Å². The first-order chi connectivity index (χ1) is 17.8. The van der Waals surface area contributed by atoms with Crippen LogP contribution in [0.25, 0.3) is 5.57 Å². The molecular formula is C31H48N2O3S. The molecule has 1 aromatic heterocycles. The number of carboxylic acids is 1. The quantitative estimate of drug-likeness (QED) is 0.242. The molecule has 37 heavy (non-hydrogen) atoms. The van der Waals surface area contributed by atoms with Gasteiger partial charge in [0.1, 0.15) is 4.88 Å². The minimum Gasteiger partial charge on any atom is -0.477 e. The van der Waals surface area contributed by atoms with Gasteiger partial charge in [-0.25, -0.2) is 4.79 Å². The maximum absolute atomic E-state index is 13.5. The van der Waals surface area contributed by atoms with E-state index in [1.54, 1.807) is 0 Å². The third kappa shape index (κ3) is 8.54. The Balaban J connectivity index is 1.83. The van der Waals surface area contributed by atoms with Gasteiger partial charge in [0.05, 0.1) is 12.2 Å². The van der Waals surface area contributed by atoms with Crippen molar-refractivity contribution >= 4 is 34.3 Å². The van der Waals surface area contributed by atoms with Crippen LogP contribution in [0, 0.1) is 11.8 Å². The lowest BCUT2D eigenvalue weighted by molar-refractivity contribution is -0.122. The van der Waals surface area contributed by atoms with Crippen molar-refractivity contribution in [2.24, 2.45) is 11.8 Å². The molecule has 0 amide bonds. The van der Waals surface area contributed by atoms with Gasteiger partial charge in [0.25, 0.3) is 0 Å². The molecule has 2 unspecified atom stereocenters. The van der Waals surface area contributed by atoms with E-state index in [9.17, 15) is 14.7 Å². The molecule has 0 bridgehead atoms. The highest BCUT2D eigenvalue weighted by molar-refractivity contribution is 7.15. The standard InChI is InChI=1S/C31H48N2O3S/c1-5-11-26(32-4)15-10-9-12-23(3)33(21-28(34)24-18-16-22(2)17-19-24)27-20-29(37-30(27)31(35)36)25-13-7-6-8-14-25/h9-10,13,20,22-24,26,32H,5-8,11-12,14-19,21H2,1-4H3,(H,35,36). The van der Waals surface area contributed by atoms with Gasteiger partial charge in [-0.1, -0.05) is 51.3 Å². The normalized spacial score (nSPS) is 22.0. The molecule has 5 nitrogen and oxygen atoms in total. The van der Waals surface area contributed by atoms with Gasteiger partial charge in [-0.05, 0) is 89.3 Å². The number of anilines is 1. The number of carboxylic acid groups (broad SMARTS) is 1. The van der Waals surface area contributed by atoms with Gasteiger partial charge in [-0.2, -0.15) is 0 Å². The molecular weight excluding hydrogens is 480 g/mol. The summed E-state index contributed by atoms with van der Waals surface area (Å²) in [5, 5.41) is 13.5. The van der Waals surface area contributed by atoms with Crippen LogP contribution in [-0.2, 0) is 4.79 Å². The second-order valence-corrected chi connectivity index (χ2v) is 12.3. The lowest BCUT2D eigenvalue weighted by Crippen LogP contribution is -2.40. The summed E-state index contributed by atoms with van der Waals surface area (Å²) in [6, 6.07) is 2.56. The summed E-state index contributed by atoms with van der Waals surface area (Å²) in [5.41, 5.74) is 1.98. The van der Waals surface area contributed by atoms with Gasteiger partial charge in [-0.3, -0.25) is 4.79 Å². The minimum absolute atomic E-state index is 0.0304. The Morgan fingerprint density at radius 2 is 1.92 bits per heavy atom.